The van der Waals surface area contributed by atoms with Gasteiger partial charge in [0.15, 0.2) is 0 Å². The highest BCUT2D eigenvalue weighted by molar-refractivity contribution is 5.94. The lowest BCUT2D eigenvalue weighted by Crippen LogP contribution is -2.55. The predicted octanol–water partition coefficient (Wildman–Crippen LogP) is 7.70. The van der Waals surface area contributed by atoms with E-state index in [0.717, 1.165) is 43.7 Å². The molecule has 2 aliphatic rings. The van der Waals surface area contributed by atoms with Crippen LogP contribution >= 0.6 is 24.8 Å². The number of anilines is 1. The number of carbonyl (C=O) groups is 2. The third kappa shape index (κ3) is 8.25. The number of nitro benzene ring substituents is 1. The van der Waals surface area contributed by atoms with E-state index in [2.05, 4.69) is 82.4 Å². The second kappa shape index (κ2) is 17.6. The Bertz CT molecular complexity index is 1900. The molecule has 53 heavy (non-hydrogen) atoms. The van der Waals surface area contributed by atoms with Crippen LogP contribution in [0.3, 0.4) is 0 Å². The van der Waals surface area contributed by atoms with Crippen molar-refractivity contribution in [2.75, 3.05) is 38.2 Å². The zero-order valence-electron chi connectivity index (χ0n) is 29.8. The van der Waals surface area contributed by atoms with Gasteiger partial charge in [-0.2, -0.15) is 0 Å². The van der Waals surface area contributed by atoms with E-state index in [1.165, 1.54) is 30.4 Å². The van der Waals surface area contributed by atoms with Gasteiger partial charge in [-0.3, -0.25) is 19.8 Å². The van der Waals surface area contributed by atoms with Crippen LogP contribution in [0.4, 0.5) is 11.4 Å². The molecule has 6 rings (SSSR count). The van der Waals surface area contributed by atoms with E-state index in [-0.39, 0.29) is 42.1 Å². The summed E-state index contributed by atoms with van der Waals surface area (Å²) in [5, 5.41) is 15.2. The Kier molecular flexibility index (Phi) is 13.5. The first-order valence-corrected chi connectivity index (χ1v) is 17.0. The number of non-ortho nitro benzene ring substituents is 1. The first-order chi connectivity index (χ1) is 24.7. The molecule has 4 aromatic rings. The molecule has 0 amide bonds. The van der Waals surface area contributed by atoms with E-state index in [4.69, 9.17) is 9.47 Å². The second-order valence-electron chi connectivity index (χ2n) is 13.1. The molecule has 0 radical (unpaired) electrons. The molecular weight excluding hydrogens is 715 g/mol. The summed E-state index contributed by atoms with van der Waals surface area (Å²) in [6.45, 7) is 10.6. The number of rotatable bonds is 10. The van der Waals surface area contributed by atoms with Crippen molar-refractivity contribution >= 4 is 48.1 Å². The number of methoxy groups -OCH3 is 1. The maximum absolute atomic E-state index is 13.8. The number of benzene rings is 4. The van der Waals surface area contributed by atoms with Crippen LogP contribution in [-0.4, -0.2) is 55.1 Å². The van der Waals surface area contributed by atoms with Gasteiger partial charge in [0.2, 0.25) is 0 Å². The van der Waals surface area contributed by atoms with Gasteiger partial charge in [-0.15, -0.1) is 24.8 Å². The minimum Gasteiger partial charge on any atom is -0.469 e. The first-order valence-electron chi connectivity index (χ1n) is 17.0. The average molecular weight is 760 g/mol. The Morgan fingerprint density at radius 3 is 2.02 bits per heavy atom. The number of halogens is 2. The summed E-state index contributed by atoms with van der Waals surface area (Å²) in [6, 6.07) is 35.5. The Morgan fingerprint density at radius 1 is 0.906 bits per heavy atom. The summed E-state index contributed by atoms with van der Waals surface area (Å²) in [5.74, 6) is -3.21. The average Bonchev–Trinajstić information content (AvgIpc) is 3.15. The van der Waals surface area contributed by atoms with E-state index in [0.29, 0.717) is 11.3 Å². The number of nitro groups is 1. The van der Waals surface area contributed by atoms with Gasteiger partial charge in [0.1, 0.15) is 0 Å². The standard InChI is InChI=1S/C41H42N4O6.2ClH/c1-5-51-39(46)35-28(2)42-41(3,37(40(47)50-4)36(35)31-17-12-18-34(27-31)45(48)49)32-19-21-33(22-20-32)43-23-25-44(26-24-43)38(29-13-8-6-9-14-29)30-15-10-7-11-16-30;;/h5-22,27,36-38,42H,1,23-26H2,2-4H3;2*1H/t36?,37?,41-;;/m1../s1. The van der Waals surface area contributed by atoms with E-state index in [1.54, 1.807) is 19.1 Å². The van der Waals surface area contributed by atoms with Crippen LogP contribution in [0.2, 0.25) is 0 Å². The molecule has 1 saturated heterocycles. The van der Waals surface area contributed by atoms with Gasteiger partial charge in [0.05, 0.1) is 41.4 Å². The Hall–Kier alpha value is -5.16. The molecule has 2 unspecified atom stereocenters. The molecule has 12 heteroatoms. The molecule has 1 fully saturated rings. The van der Waals surface area contributed by atoms with Crippen molar-refractivity contribution in [3.05, 3.63) is 166 Å². The van der Waals surface area contributed by atoms with Crippen LogP contribution in [0.15, 0.2) is 133 Å². The molecule has 0 spiro atoms. The van der Waals surface area contributed by atoms with Crippen LogP contribution in [0.25, 0.3) is 0 Å². The quantitative estimate of drug-likeness (QED) is 0.0752. The van der Waals surface area contributed by atoms with Gasteiger partial charge in [-0.1, -0.05) is 91.5 Å². The first kappa shape index (κ1) is 40.6. The van der Waals surface area contributed by atoms with E-state index >= 15 is 0 Å². The van der Waals surface area contributed by atoms with Crippen molar-refractivity contribution in [2.45, 2.75) is 31.3 Å². The number of esters is 2. The Balaban J connectivity index is 0.00000314. The number of hydrogen-bond acceptors (Lipinski definition) is 9. The third-order valence-corrected chi connectivity index (χ3v) is 10.2. The smallest absolute Gasteiger partial charge is 0.341 e. The minimum atomic E-state index is -1.07. The number of nitrogens with one attached hydrogen (secondary N) is 1. The van der Waals surface area contributed by atoms with E-state index in [9.17, 15) is 19.7 Å². The summed E-state index contributed by atoms with van der Waals surface area (Å²) < 4.78 is 10.6. The molecule has 2 aliphatic heterocycles. The summed E-state index contributed by atoms with van der Waals surface area (Å²) in [5.41, 5.74) is 4.22. The van der Waals surface area contributed by atoms with Crippen LogP contribution in [0.1, 0.15) is 48.1 Å². The van der Waals surface area contributed by atoms with Crippen LogP contribution < -0.4 is 10.2 Å². The second-order valence-corrected chi connectivity index (χ2v) is 13.1. The summed E-state index contributed by atoms with van der Waals surface area (Å²) in [4.78, 5) is 43.3. The Labute approximate surface area is 322 Å². The highest BCUT2D eigenvalue weighted by Gasteiger charge is 2.53. The Morgan fingerprint density at radius 2 is 1.49 bits per heavy atom. The largest absolute Gasteiger partial charge is 0.469 e. The SMILES string of the molecule is C=COC(=O)C1=C(C)N[C@](C)(c2ccc(N3CCN(C(c4ccccc4)c4ccccc4)CC3)cc2)C(C(=O)OC)C1c1cccc([N+](=O)[O-])c1.Cl.Cl. The molecule has 0 aromatic heterocycles. The topological polar surface area (TPSA) is 114 Å². The lowest BCUT2D eigenvalue weighted by molar-refractivity contribution is -0.384. The van der Waals surface area contributed by atoms with Crippen molar-refractivity contribution in [1.29, 1.82) is 0 Å². The van der Waals surface area contributed by atoms with Crippen molar-refractivity contribution in [3.63, 3.8) is 0 Å². The van der Waals surface area contributed by atoms with Gasteiger partial charge < -0.3 is 19.7 Å². The fraction of sp³-hybridized carbons (Fsp3) is 0.268. The van der Waals surface area contributed by atoms with Crippen molar-refractivity contribution in [2.24, 2.45) is 5.92 Å². The lowest BCUT2D eigenvalue weighted by atomic mass is 9.65. The predicted molar refractivity (Wildman–Crippen MR) is 210 cm³/mol. The van der Waals surface area contributed by atoms with Crippen LogP contribution in [-0.2, 0) is 24.6 Å². The monoisotopic (exact) mass is 758 g/mol. The normalized spacial score (nSPS) is 20.0. The molecule has 0 aliphatic carbocycles. The zero-order valence-corrected chi connectivity index (χ0v) is 31.5. The molecule has 10 nitrogen and oxygen atoms in total. The molecular formula is C41H44Cl2N4O6. The summed E-state index contributed by atoms with van der Waals surface area (Å²) >= 11 is 0. The molecule has 0 bridgehead atoms. The molecule has 2 heterocycles. The fourth-order valence-electron chi connectivity index (χ4n) is 7.77. The number of hydrogen-bond donors (Lipinski definition) is 1. The fourth-order valence-corrected chi connectivity index (χ4v) is 7.77. The lowest BCUT2D eigenvalue weighted by Gasteiger charge is -2.47. The van der Waals surface area contributed by atoms with Gasteiger partial charge >= 0.3 is 11.9 Å². The third-order valence-electron chi connectivity index (χ3n) is 10.2. The highest BCUT2D eigenvalue weighted by Crippen LogP contribution is 2.49. The molecule has 4 aromatic carbocycles. The zero-order chi connectivity index (χ0) is 36.1. The van der Waals surface area contributed by atoms with Gasteiger partial charge in [-0.05, 0) is 48.2 Å². The van der Waals surface area contributed by atoms with Crippen LogP contribution in [0.5, 0.6) is 0 Å². The van der Waals surface area contributed by atoms with Gasteiger partial charge in [-0.25, -0.2) is 4.79 Å². The van der Waals surface area contributed by atoms with Crippen molar-refractivity contribution < 1.29 is 24.0 Å². The summed E-state index contributed by atoms with van der Waals surface area (Å²) in [7, 11) is 1.29. The van der Waals surface area contributed by atoms with Gasteiger partial charge in [0.25, 0.3) is 5.69 Å². The van der Waals surface area contributed by atoms with E-state index in [1.807, 2.05) is 31.2 Å². The maximum atomic E-state index is 13.8. The summed E-state index contributed by atoms with van der Waals surface area (Å²) in [6.07, 6.45) is 1.02. The van der Waals surface area contributed by atoms with Gasteiger partial charge in [0, 0.05) is 55.6 Å². The van der Waals surface area contributed by atoms with Crippen LogP contribution in [0, 0.1) is 16.0 Å². The molecule has 3 atom stereocenters. The number of ether oxygens (including phenoxy) is 2. The highest BCUT2D eigenvalue weighted by atomic mass is 35.5. The number of nitrogens with zero attached hydrogens (tertiary/aromatic N) is 3. The number of allylic oxidation sites excluding steroid dienone is 1. The maximum Gasteiger partial charge on any atom is 0.341 e. The van der Waals surface area contributed by atoms with E-state index < -0.39 is 34.2 Å². The number of piperazine rings is 1. The molecule has 0 saturated carbocycles. The minimum absolute atomic E-state index is 0. The molecule has 278 valence electrons. The number of carbonyl (C=O) groups excluding carboxylic acids is 2. The van der Waals surface area contributed by atoms with Crippen molar-refractivity contribution in [3.8, 4) is 0 Å². The molecule has 1 N–H and O–H groups in total. The van der Waals surface area contributed by atoms with Crippen molar-refractivity contribution in [1.82, 2.24) is 10.2 Å².